The molecule has 2 N–H and O–H groups in total. The summed E-state index contributed by atoms with van der Waals surface area (Å²) in [5, 5.41) is 6.27. The Bertz CT molecular complexity index is 918. The maximum absolute atomic E-state index is 12.2. The molecule has 0 heterocycles. The average molecular weight is 383 g/mol. The maximum Gasteiger partial charge on any atom is 0.257 e. The minimum Gasteiger partial charge on any atom is -0.455 e. The van der Waals surface area contributed by atoms with Crippen molar-refractivity contribution in [2.75, 3.05) is 5.32 Å². The lowest BCUT2D eigenvalue weighted by Crippen LogP contribution is -2.34. The lowest BCUT2D eigenvalue weighted by Gasteiger charge is -2.14. The predicted octanol–water partition coefficient (Wildman–Crippen LogP) is 5.26. The van der Waals surface area contributed by atoms with E-state index in [0.717, 1.165) is 0 Å². The Morgan fingerprint density at radius 2 is 1.58 bits per heavy atom. The SMILES string of the molecule is O=C(NC(=S)Nc1cc(Cl)ccc1Oc1ccccc1)c1ccccc1. The number of anilines is 1. The Kier molecular flexibility index (Phi) is 5.84. The molecule has 0 bridgehead atoms. The third-order valence-electron chi connectivity index (χ3n) is 3.42. The van der Waals surface area contributed by atoms with Crippen LogP contribution in [0.5, 0.6) is 11.5 Å². The number of halogens is 1. The first-order valence-corrected chi connectivity index (χ1v) is 8.60. The molecular formula is C20H15ClN2O2S. The zero-order valence-corrected chi connectivity index (χ0v) is 15.2. The van der Waals surface area contributed by atoms with Gasteiger partial charge in [-0.05, 0) is 54.7 Å². The van der Waals surface area contributed by atoms with Gasteiger partial charge in [-0.25, -0.2) is 0 Å². The van der Waals surface area contributed by atoms with Gasteiger partial charge in [0.1, 0.15) is 5.75 Å². The Labute approximate surface area is 161 Å². The summed E-state index contributed by atoms with van der Waals surface area (Å²) in [6, 6.07) is 23.3. The summed E-state index contributed by atoms with van der Waals surface area (Å²) in [6.45, 7) is 0. The molecule has 26 heavy (non-hydrogen) atoms. The molecule has 3 aromatic rings. The van der Waals surface area contributed by atoms with Gasteiger partial charge in [-0.2, -0.15) is 0 Å². The number of amides is 1. The van der Waals surface area contributed by atoms with Gasteiger partial charge in [0.2, 0.25) is 0 Å². The minimum atomic E-state index is -0.296. The Morgan fingerprint density at radius 1 is 0.923 bits per heavy atom. The van der Waals surface area contributed by atoms with Crippen molar-refractivity contribution in [1.82, 2.24) is 5.32 Å². The van der Waals surface area contributed by atoms with E-state index in [1.54, 1.807) is 42.5 Å². The molecule has 3 aromatic carbocycles. The summed E-state index contributed by atoms with van der Waals surface area (Å²) in [5.41, 5.74) is 1.07. The van der Waals surface area contributed by atoms with Crippen molar-refractivity contribution in [3.8, 4) is 11.5 Å². The molecule has 0 fully saturated rings. The van der Waals surface area contributed by atoms with Crippen molar-refractivity contribution in [2.45, 2.75) is 0 Å². The molecule has 130 valence electrons. The van der Waals surface area contributed by atoms with E-state index in [0.29, 0.717) is 27.8 Å². The minimum absolute atomic E-state index is 0.152. The topological polar surface area (TPSA) is 50.4 Å². The molecule has 0 unspecified atom stereocenters. The second kappa shape index (κ2) is 8.47. The van der Waals surface area contributed by atoms with E-state index in [4.69, 9.17) is 28.6 Å². The third kappa shape index (κ3) is 4.81. The molecule has 3 rings (SSSR count). The lowest BCUT2D eigenvalue weighted by atomic mass is 10.2. The van der Waals surface area contributed by atoms with Crippen LogP contribution in [0.3, 0.4) is 0 Å². The molecule has 0 spiro atoms. The summed E-state index contributed by atoms with van der Waals surface area (Å²) in [4.78, 5) is 12.2. The summed E-state index contributed by atoms with van der Waals surface area (Å²) < 4.78 is 5.86. The van der Waals surface area contributed by atoms with Gasteiger partial charge in [-0.15, -0.1) is 0 Å². The quantitative estimate of drug-likeness (QED) is 0.604. The van der Waals surface area contributed by atoms with E-state index < -0.39 is 0 Å². The number of rotatable bonds is 4. The van der Waals surface area contributed by atoms with Crippen molar-refractivity contribution in [1.29, 1.82) is 0 Å². The average Bonchev–Trinajstić information content (AvgIpc) is 2.65. The zero-order valence-electron chi connectivity index (χ0n) is 13.6. The number of ether oxygens (including phenoxy) is 1. The van der Waals surface area contributed by atoms with E-state index in [1.165, 1.54) is 0 Å². The number of carbonyl (C=O) groups excluding carboxylic acids is 1. The predicted molar refractivity (Wildman–Crippen MR) is 108 cm³/mol. The van der Waals surface area contributed by atoms with Gasteiger partial charge in [-0.3, -0.25) is 10.1 Å². The molecule has 0 atom stereocenters. The van der Waals surface area contributed by atoms with Crippen LogP contribution in [0.25, 0.3) is 0 Å². The second-order valence-electron chi connectivity index (χ2n) is 5.33. The molecule has 0 saturated heterocycles. The standard InChI is InChI=1S/C20H15ClN2O2S/c21-15-11-12-18(25-16-9-5-2-6-10-16)17(13-15)22-20(26)23-19(24)14-7-3-1-4-8-14/h1-13H,(H2,22,23,24,26). The van der Waals surface area contributed by atoms with Crippen LogP contribution < -0.4 is 15.4 Å². The van der Waals surface area contributed by atoms with Gasteiger partial charge in [0.15, 0.2) is 10.9 Å². The Hall–Kier alpha value is -2.89. The second-order valence-corrected chi connectivity index (χ2v) is 6.17. The molecular weight excluding hydrogens is 368 g/mol. The molecule has 0 radical (unpaired) electrons. The number of nitrogens with one attached hydrogen (secondary N) is 2. The van der Waals surface area contributed by atoms with Gasteiger partial charge < -0.3 is 10.1 Å². The first kappa shape index (κ1) is 17.9. The summed E-state index contributed by atoms with van der Waals surface area (Å²) in [5.74, 6) is 0.921. The van der Waals surface area contributed by atoms with Crippen LogP contribution >= 0.6 is 23.8 Å². The summed E-state index contributed by atoms with van der Waals surface area (Å²) >= 11 is 11.3. The van der Waals surface area contributed by atoms with Gasteiger partial charge in [0.25, 0.3) is 5.91 Å². The smallest absolute Gasteiger partial charge is 0.257 e. The fraction of sp³-hybridized carbons (Fsp3) is 0. The number of hydrogen-bond acceptors (Lipinski definition) is 3. The summed E-state index contributed by atoms with van der Waals surface area (Å²) in [7, 11) is 0. The summed E-state index contributed by atoms with van der Waals surface area (Å²) in [6.07, 6.45) is 0. The molecule has 0 aliphatic carbocycles. The third-order valence-corrected chi connectivity index (χ3v) is 3.86. The van der Waals surface area contributed by atoms with Crippen molar-refractivity contribution in [2.24, 2.45) is 0 Å². The van der Waals surface area contributed by atoms with Crippen LogP contribution in [-0.4, -0.2) is 11.0 Å². The molecule has 6 heteroatoms. The van der Waals surface area contributed by atoms with Crippen LogP contribution in [0.4, 0.5) is 5.69 Å². The monoisotopic (exact) mass is 382 g/mol. The van der Waals surface area contributed by atoms with Crippen LogP contribution in [0.2, 0.25) is 5.02 Å². The van der Waals surface area contributed by atoms with Gasteiger partial charge in [0, 0.05) is 10.6 Å². The number of benzene rings is 3. The Balaban J connectivity index is 1.73. The maximum atomic E-state index is 12.2. The number of carbonyl (C=O) groups is 1. The van der Waals surface area contributed by atoms with Crippen molar-refractivity contribution >= 4 is 40.5 Å². The molecule has 0 saturated carbocycles. The van der Waals surface area contributed by atoms with Gasteiger partial charge in [-0.1, -0.05) is 48.0 Å². The highest BCUT2D eigenvalue weighted by Gasteiger charge is 2.11. The zero-order chi connectivity index (χ0) is 18.4. The highest BCUT2D eigenvalue weighted by molar-refractivity contribution is 7.80. The number of para-hydroxylation sites is 1. The fourth-order valence-corrected chi connectivity index (χ4v) is 2.60. The van der Waals surface area contributed by atoms with E-state index in [2.05, 4.69) is 10.6 Å². The Morgan fingerprint density at radius 3 is 2.27 bits per heavy atom. The van der Waals surface area contributed by atoms with Crippen molar-refractivity contribution in [3.63, 3.8) is 0 Å². The molecule has 0 aromatic heterocycles. The van der Waals surface area contributed by atoms with Crippen molar-refractivity contribution < 1.29 is 9.53 Å². The number of hydrogen-bond donors (Lipinski definition) is 2. The lowest BCUT2D eigenvalue weighted by molar-refractivity contribution is 0.0977. The van der Waals surface area contributed by atoms with Crippen LogP contribution in [0.15, 0.2) is 78.9 Å². The van der Waals surface area contributed by atoms with Crippen LogP contribution in [0, 0.1) is 0 Å². The highest BCUT2D eigenvalue weighted by Crippen LogP contribution is 2.31. The van der Waals surface area contributed by atoms with E-state index in [1.807, 2.05) is 36.4 Å². The normalized spacial score (nSPS) is 10.0. The van der Waals surface area contributed by atoms with Crippen LogP contribution in [0.1, 0.15) is 10.4 Å². The molecule has 0 aliphatic heterocycles. The van der Waals surface area contributed by atoms with E-state index in [-0.39, 0.29) is 11.0 Å². The van der Waals surface area contributed by atoms with E-state index >= 15 is 0 Å². The van der Waals surface area contributed by atoms with Crippen molar-refractivity contribution in [3.05, 3.63) is 89.4 Å². The first-order chi connectivity index (χ1) is 12.6. The largest absolute Gasteiger partial charge is 0.455 e. The first-order valence-electron chi connectivity index (χ1n) is 7.81. The molecule has 4 nitrogen and oxygen atoms in total. The number of thiocarbonyl (C=S) groups is 1. The van der Waals surface area contributed by atoms with Gasteiger partial charge >= 0.3 is 0 Å². The fourth-order valence-electron chi connectivity index (χ4n) is 2.22. The highest BCUT2D eigenvalue weighted by atomic mass is 35.5. The van der Waals surface area contributed by atoms with Gasteiger partial charge in [0.05, 0.1) is 5.69 Å². The van der Waals surface area contributed by atoms with E-state index in [9.17, 15) is 4.79 Å². The molecule has 1 amide bonds. The molecule has 0 aliphatic rings. The van der Waals surface area contributed by atoms with Crippen LogP contribution in [-0.2, 0) is 0 Å².